The van der Waals surface area contributed by atoms with Crippen molar-refractivity contribution in [2.45, 2.75) is 18.6 Å². The molecule has 8 heteroatoms. The molecule has 1 heterocycles. The highest BCUT2D eigenvalue weighted by molar-refractivity contribution is 6.03. The predicted octanol–water partition coefficient (Wildman–Crippen LogP) is 2.32. The van der Waals surface area contributed by atoms with Crippen molar-refractivity contribution < 1.29 is 14.3 Å². The normalized spacial score (nSPS) is 18.5. The maximum atomic E-state index is 12.1. The van der Waals surface area contributed by atoms with E-state index in [0.29, 0.717) is 23.5 Å². The Morgan fingerprint density at radius 1 is 1.27 bits per heavy atom. The fourth-order valence-electron chi connectivity index (χ4n) is 3.76. The molecule has 2 aromatic carbocycles. The van der Waals surface area contributed by atoms with E-state index in [4.69, 9.17) is 20.2 Å². The van der Waals surface area contributed by atoms with Gasteiger partial charge in [0.05, 0.1) is 37.9 Å². The molecule has 0 saturated carbocycles. The van der Waals surface area contributed by atoms with E-state index in [1.807, 2.05) is 51.4 Å². The molecule has 8 nitrogen and oxygen atoms in total. The van der Waals surface area contributed by atoms with Gasteiger partial charge in [-0.3, -0.25) is 10.1 Å². The molecule has 0 aromatic heterocycles. The average Bonchev–Trinajstić information content (AvgIpc) is 2.72. The molecular formula is C22H29N5O3. The number of nitrogens with zero attached hydrogens (tertiary/aromatic N) is 2. The summed E-state index contributed by atoms with van der Waals surface area (Å²) in [6, 6.07) is 11.3. The molecule has 0 saturated heterocycles. The molecule has 0 spiro atoms. The van der Waals surface area contributed by atoms with Gasteiger partial charge in [-0.15, -0.1) is 0 Å². The largest absolute Gasteiger partial charge is 0.497 e. The van der Waals surface area contributed by atoms with Crippen LogP contribution in [0.2, 0.25) is 0 Å². The van der Waals surface area contributed by atoms with Gasteiger partial charge in [-0.2, -0.15) is 0 Å². The monoisotopic (exact) mass is 411 g/mol. The highest BCUT2D eigenvalue weighted by Crippen LogP contribution is 2.39. The summed E-state index contributed by atoms with van der Waals surface area (Å²) in [6.45, 7) is 2.67. The van der Waals surface area contributed by atoms with Crippen LogP contribution in [0.3, 0.4) is 0 Å². The number of nitrogens with one attached hydrogen (secondary N) is 2. The van der Waals surface area contributed by atoms with Crippen LogP contribution in [0.4, 0.5) is 5.69 Å². The van der Waals surface area contributed by atoms with Crippen LogP contribution in [0.5, 0.6) is 11.5 Å². The first-order valence-electron chi connectivity index (χ1n) is 9.67. The third-order valence-corrected chi connectivity index (χ3v) is 5.19. The van der Waals surface area contributed by atoms with Crippen LogP contribution in [0, 0.1) is 0 Å². The summed E-state index contributed by atoms with van der Waals surface area (Å²) in [4.78, 5) is 18.9. The van der Waals surface area contributed by atoms with Gasteiger partial charge < -0.3 is 25.4 Å². The van der Waals surface area contributed by atoms with Gasteiger partial charge >= 0.3 is 0 Å². The maximum absolute atomic E-state index is 12.1. The number of aliphatic imine (C=N–C) groups is 1. The molecule has 2 aromatic rings. The second-order valence-electron chi connectivity index (χ2n) is 7.64. The number of methoxy groups -OCH3 is 2. The Balaban J connectivity index is 2.10. The van der Waals surface area contributed by atoms with E-state index in [2.05, 4.69) is 15.5 Å². The number of rotatable bonds is 8. The van der Waals surface area contributed by atoms with Crippen molar-refractivity contribution >= 4 is 17.9 Å². The van der Waals surface area contributed by atoms with E-state index < -0.39 is 11.6 Å². The van der Waals surface area contributed by atoms with Crippen molar-refractivity contribution in [3.8, 4) is 11.5 Å². The lowest BCUT2D eigenvalue weighted by Crippen LogP contribution is -2.46. The zero-order valence-electron chi connectivity index (χ0n) is 18.0. The lowest BCUT2D eigenvalue weighted by Gasteiger charge is -2.37. The number of nitrogens with two attached hydrogens (primary N) is 1. The van der Waals surface area contributed by atoms with Crippen molar-refractivity contribution in [3.63, 3.8) is 0 Å². The first-order chi connectivity index (χ1) is 14.3. The maximum Gasteiger partial charge on any atom is 0.250 e. The van der Waals surface area contributed by atoms with Crippen molar-refractivity contribution in [3.05, 3.63) is 53.1 Å². The molecule has 30 heavy (non-hydrogen) atoms. The molecule has 0 aliphatic carbocycles. The number of benzene rings is 2. The Bertz CT molecular complexity index is 960. The first-order valence-corrected chi connectivity index (χ1v) is 9.67. The van der Waals surface area contributed by atoms with Crippen molar-refractivity contribution in [1.29, 1.82) is 0 Å². The Kier molecular flexibility index (Phi) is 6.28. The summed E-state index contributed by atoms with van der Waals surface area (Å²) >= 11 is 0. The minimum Gasteiger partial charge on any atom is -0.497 e. The van der Waals surface area contributed by atoms with Gasteiger partial charge in [0.1, 0.15) is 17.2 Å². The third kappa shape index (κ3) is 4.24. The summed E-state index contributed by atoms with van der Waals surface area (Å²) in [5.74, 6) is 0.794. The van der Waals surface area contributed by atoms with E-state index in [0.717, 1.165) is 16.9 Å². The predicted molar refractivity (Wildman–Crippen MR) is 118 cm³/mol. The highest BCUT2D eigenvalue weighted by Gasteiger charge is 2.36. The molecule has 2 unspecified atom stereocenters. The average molecular weight is 412 g/mol. The van der Waals surface area contributed by atoms with E-state index in [1.165, 1.54) is 0 Å². The number of fused-ring (bicyclic) bond motifs is 1. The summed E-state index contributed by atoms with van der Waals surface area (Å²) in [5, 5.41) is 6.73. The van der Waals surface area contributed by atoms with Crippen LogP contribution >= 0.6 is 0 Å². The Morgan fingerprint density at radius 2 is 2.00 bits per heavy atom. The number of ether oxygens (including phenoxy) is 2. The lowest BCUT2D eigenvalue weighted by molar-refractivity contribution is 0.100. The van der Waals surface area contributed by atoms with E-state index in [9.17, 15) is 4.79 Å². The Morgan fingerprint density at radius 3 is 2.63 bits per heavy atom. The second-order valence-corrected chi connectivity index (χ2v) is 7.64. The molecule has 1 amide bonds. The Hall–Kier alpha value is -3.10. The van der Waals surface area contributed by atoms with E-state index >= 15 is 0 Å². The fraction of sp³-hybridized carbons (Fsp3) is 0.364. The van der Waals surface area contributed by atoms with Crippen molar-refractivity contribution in [1.82, 2.24) is 10.2 Å². The molecule has 3 rings (SSSR count). The number of likely N-dealkylation sites (N-methyl/N-ethyl adjacent to an activating group) is 1. The van der Waals surface area contributed by atoms with Gasteiger partial charge in [0.25, 0.3) is 5.91 Å². The van der Waals surface area contributed by atoms with E-state index in [-0.39, 0.29) is 6.04 Å². The summed E-state index contributed by atoms with van der Waals surface area (Å²) in [7, 11) is 7.25. The highest BCUT2D eigenvalue weighted by atomic mass is 16.5. The molecular weight excluding hydrogens is 382 g/mol. The topological polar surface area (TPSA) is 101 Å². The molecule has 0 radical (unpaired) electrons. The quantitative estimate of drug-likeness (QED) is 0.616. The number of hydrogen-bond acceptors (Lipinski definition) is 7. The minimum absolute atomic E-state index is 0.104. The number of para-hydroxylation sites is 1. The summed E-state index contributed by atoms with van der Waals surface area (Å²) in [5.41, 5.74) is 7.56. The van der Waals surface area contributed by atoms with Gasteiger partial charge in [-0.25, -0.2) is 4.99 Å². The first kappa shape index (κ1) is 21.6. The van der Waals surface area contributed by atoms with Crippen molar-refractivity contribution in [2.75, 3.05) is 40.2 Å². The van der Waals surface area contributed by atoms with Crippen LogP contribution in [0.15, 0.2) is 41.4 Å². The molecule has 0 bridgehead atoms. The number of carbonyl (C=O) groups is 1. The van der Waals surface area contributed by atoms with Crippen LogP contribution in [-0.2, 0) is 5.66 Å². The van der Waals surface area contributed by atoms with Crippen LogP contribution in [-0.4, -0.2) is 52.0 Å². The van der Waals surface area contributed by atoms with Crippen molar-refractivity contribution in [2.24, 2.45) is 10.7 Å². The van der Waals surface area contributed by atoms with Gasteiger partial charge in [0.2, 0.25) is 0 Å². The van der Waals surface area contributed by atoms with Crippen LogP contribution in [0.25, 0.3) is 0 Å². The Labute approximate surface area is 177 Å². The number of primary amides is 1. The zero-order valence-corrected chi connectivity index (χ0v) is 18.0. The van der Waals surface area contributed by atoms with Gasteiger partial charge in [0.15, 0.2) is 0 Å². The summed E-state index contributed by atoms with van der Waals surface area (Å²) in [6.07, 6.45) is 1.59. The van der Waals surface area contributed by atoms with Crippen LogP contribution < -0.4 is 25.8 Å². The number of carbonyl (C=O) groups excluding carboxylic acids is 1. The van der Waals surface area contributed by atoms with E-state index in [1.54, 1.807) is 26.6 Å². The van der Waals surface area contributed by atoms with Crippen LogP contribution in [0.1, 0.15) is 34.5 Å². The molecule has 1 aliphatic heterocycles. The lowest BCUT2D eigenvalue weighted by atomic mass is 9.92. The molecule has 1 aliphatic rings. The molecule has 4 N–H and O–H groups in total. The second kappa shape index (κ2) is 8.73. The smallest absolute Gasteiger partial charge is 0.250 e. The molecule has 0 fully saturated rings. The van der Waals surface area contributed by atoms with Gasteiger partial charge in [-0.1, -0.05) is 18.2 Å². The number of hydrogen-bond donors (Lipinski definition) is 3. The SMILES string of the molecule is COc1cc(C(N)=O)c2c(c1)C(C)(NC(CN(C)C)c1ccccc1OC)N=CN2. The molecule has 160 valence electrons. The zero-order chi connectivity index (χ0) is 21.9. The standard InChI is InChI=1S/C22H29N5O3/c1-22(26-18(12-27(2)3)15-8-6-7-9-19(15)30-5)17-11-14(29-4)10-16(21(23)28)20(17)24-13-25-22/h6-11,13,18,26H,12H2,1-5H3,(H2,23,28)(H,24,25). The third-order valence-electron chi connectivity index (χ3n) is 5.19. The van der Waals surface area contributed by atoms with Gasteiger partial charge in [0, 0.05) is 17.7 Å². The van der Waals surface area contributed by atoms with Gasteiger partial charge in [-0.05, 0) is 39.2 Å². The summed E-state index contributed by atoms with van der Waals surface area (Å²) < 4.78 is 11.0. The number of anilines is 1. The fourth-order valence-corrected chi connectivity index (χ4v) is 3.76. The number of amides is 1. The minimum atomic E-state index is -0.832. The molecule has 2 atom stereocenters.